The third-order valence-electron chi connectivity index (χ3n) is 2.99. The molecule has 104 valence electrons. The number of aromatic nitrogens is 1. The molecule has 0 aliphatic carbocycles. The Hall–Kier alpha value is -1.54. The summed E-state index contributed by atoms with van der Waals surface area (Å²) in [4.78, 5) is 16.3. The number of sulfonamides is 1. The van der Waals surface area contributed by atoms with Crippen molar-refractivity contribution in [2.75, 3.05) is 26.2 Å². The Morgan fingerprint density at radius 3 is 2.47 bits per heavy atom. The van der Waals surface area contributed by atoms with Crippen molar-refractivity contribution in [3.05, 3.63) is 24.1 Å². The first-order valence-electron chi connectivity index (χ1n) is 5.79. The number of amides is 1. The van der Waals surface area contributed by atoms with Crippen molar-refractivity contribution in [1.82, 2.24) is 14.2 Å². The van der Waals surface area contributed by atoms with Crippen LogP contribution in [0.25, 0.3) is 0 Å². The van der Waals surface area contributed by atoms with Gasteiger partial charge in [0.2, 0.25) is 10.9 Å². The van der Waals surface area contributed by atoms with Crippen molar-refractivity contribution in [1.29, 1.82) is 0 Å². The van der Waals surface area contributed by atoms with Gasteiger partial charge < -0.3 is 4.90 Å². The molecule has 0 spiro atoms. The molecule has 1 amide bonds. The molecule has 1 aliphatic heterocycles. The highest BCUT2D eigenvalue weighted by Crippen LogP contribution is 2.18. The van der Waals surface area contributed by atoms with Crippen molar-refractivity contribution < 1.29 is 17.6 Å². The molecule has 0 saturated carbocycles. The third kappa shape index (κ3) is 2.74. The van der Waals surface area contributed by atoms with E-state index in [2.05, 4.69) is 4.98 Å². The zero-order chi connectivity index (χ0) is 14.0. The number of halogens is 1. The van der Waals surface area contributed by atoms with Crippen LogP contribution in [0.4, 0.5) is 4.39 Å². The quantitative estimate of drug-likeness (QED) is 0.772. The number of carbonyl (C=O) groups excluding carboxylic acids is 1. The number of hydrogen-bond acceptors (Lipinski definition) is 4. The Labute approximate surface area is 110 Å². The summed E-state index contributed by atoms with van der Waals surface area (Å²) in [7, 11) is -3.93. The molecule has 1 aromatic heterocycles. The number of carbonyl (C=O) groups is 1. The summed E-state index contributed by atoms with van der Waals surface area (Å²) in [6, 6.07) is 2.40. The van der Waals surface area contributed by atoms with Crippen molar-refractivity contribution in [2.24, 2.45) is 0 Å². The molecule has 6 nitrogen and oxygen atoms in total. The molecule has 2 heterocycles. The lowest BCUT2D eigenvalue weighted by atomic mass is 10.3. The fourth-order valence-corrected chi connectivity index (χ4v) is 3.32. The van der Waals surface area contributed by atoms with Crippen LogP contribution < -0.4 is 0 Å². The van der Waals surface area contributed by atoms with Crippen LogP contribution in [-0.4, -0.2) is 54.7 Å². The van der Waals surface area contributed by atoms with E-state index in [1.165, 1.54) is 19.2 Å². The Morgan fingerprint density at radius 2 is 1.95 bits per heavy atom. The van der Waals surface area contributed by atoms with Gasteiger partial charge >= 0.3 is 0 Å². The fraction of sp³-hybridized carbons (Fsp3) is 0.455. The minimum atomic E-state index is -3.93. The topological polar surface area (TPSA) is 70.6 Å². The Kier molecular flexibility index (Phi) is 3.81. The molecule has 2 rings (SSSR count). The third-order valence-corrected chi connectivity index (χ3v) is 4.83. The lowest BCUT2D eigenvalue weighted by Gasteiger charge is -2.33. The van der Waals surface area contributed by atoms with E-state index in [4.69, 9.17) is 0 Å². The smallest absolute Gasteiger partial charge is 0.263 e. The van der Waals surface area contributed by atoms with Crippen LogP contribution in [0.15, 0.2) is 23.4 Å². The van der Waals surface area contributed by atoms with E-state index in [0.717, 1.165) is 10.4 Å². The summed E-state index contributed by atoms with van der Waals surface area (Å²) in [5.74, 6) is -0.961. The predicted molar refractivity (Wildman–Crippen MR) is 65.2 cm³/mol. The summed E-state index contributed by atoms with van der Waals surface area (Å²) in [5.41, 5.74) is 0. The number of rotatable bonds is 2. The standard InChI is InChI=1S/C11H14FN3O3S/c1-9(16)14-5-7-15(8-6-14)19(17,18)11-10(12)3-2-4-13-11/h2-4H,5-8H2,1H3. The van der Waals surface area contributed by atoms with Crippen LogP contribution in [0.1, 0.15) is 6.92 Å². The molecule has 0 unspecified atom stereocenters. The highest BCUT2D eigenvalue weighted by atomic mass is 32.2. The van der Waals surface area contributed by atoms with E-state index in [9.17, 15) is 17.6 Å². The van der Waals surface area contributed by atoms with Gasteiger partial charge in [-0.15, -0.1) is 0 Å². The highest BCUT2D eigenvalue weighted by Gasteiger charge is 2.32. The van der Waals surface area contributed by atoms with Crippen molar-refractivity contribution in [2.45, 2.75) is 11.9 Å². The first-order chi connectivity index (χ1) is 8.93. The number of nitrogens with zero attached hydrogens (tertiary/aromatic N) is 3. The van der Waals surface area contributed by atoms with Crippen LogP contribution in [0.2, 0.25) is 0 Å². The van der Waals surface area contributed by atoms with Gasteiger partial charge in [-0.1, -0.05) is 0 Å². The summed E-state index contributed by atoms with van der Waals surface area (Å²) in [5, 5.41) is -0.564. The first kappa shape index (κ1) is 13.9. The highest BCUT2D eigenvalue weighted by molar-refractivity contribution is 7.89. The van der Waals surface area contributed by atoms with Crippen molar-refractivity contribution >= 4 is 15.9 Å². The SMILES string of the molecule is CC(=O)N1CCN(S(=O)(=O)c2ncccc2F)CC1. The molecule has 0 radical (unpaired) electrons. The average Bonchev–Trinajstić information content (AvgIpc) is 2.39. The van der Waals surface area contributed by atoms with E-state index >= 15 is 0 Å². The molecule has 1 aliphatic rings. The van der Waals surface area contributed by atoms with Crippen LogP contribution in [0, 0.1) is 5.82 Å². The monoisotopic (exact) mass is 287 g/mol. The molecule has 19 heavy (non-hydrogen) atoms. The van der Waals surface area contributed by atoms with Crippen molar-refractivity contribution in [3.8, 4) is 0 Å². The van der Waals surface area contributed by atoms with Crippen LogP contribution in [-0.2, 0) is 14.8 Å². The van der Waals surface area contributed by atoms with Gasteiger partial charge in [-0.3, -0.25) is 4.79 Å². The molecular formula is C11H14FN3O3S. The van der Waals surface area contributed by atoms with Gasteiger partial charge in [0.05, 0.1) is 0 Å². The molecule has 1 saturated heterocycles. The van der Waals surface area contributed by atoms with Gasteiger partial charge in [0.1, 0.15) is 0 Å². The second-order valence-corrected chi connectivity index (χ2v) is 6.05. The second-order valence-electron chi connectivity index (χ2n) is 4.20. The largest absolute Gasteiger partial charge is 0.340 e. The molecule has 0 N–H and O–H groups in total. The van der Waals surface area contributed by atoms with Crippen LogP contribution in [0.3, 0.4) is 0 Å². The normalized spacial score (nSPS) is 17.5. The lowest BCUT2D eigenvalue weighted by Crippen LogP contribution is -2.50. The summed E-state index contributed by atoms with van der Waals surface area (Å²) in [6.45, 7) is 2.35. The van der Waals surface area contributed by atoms with Crippen LogP contribution >= 0.6 is 0 Å². The van der Waals surface area contributed by atoms with Gasteiger partial charge in [-0.2, -0.15) is 4.31 Å². The molecule has 0 aromatic carbocycles. The average molecular weight is 287 g/mol. The Bertz CT molecular complexity index is 583. The molecule has 1 aromatic rings. The Balaban J connectivity index is 2.19. The van der Waals surface area contributed by atoms with Gasteiger partial charge in [0, 0.05) is 39.3 Å². The van der Waals surface area contributed by atoms with E-state index in [0.29, 0.717) is 13.1 Å². The Morgan fingerprint density at radius 1 is 1.32 bits per heavy atom. The predicted octanol–water partition coefficient (Wildman–Crippen LogP) is 0.0735. The maximum atomic E-state index is 13.5. The molecular weight excluding hydrogens is 273 g/mol. The van der Waals surface area contributed by atoms with Gasteiger partial charge in [0.15, 0.2) is 5.82 Å². The number of pyridine rings is 1. The summed E-state index contributed by atoms with van der Waals surface area (Å²) >= 11 is 0. The van der Waals surface area contributed by atoms with Crippen molar-refractivity contribution in [3.63, 3.8) is 0 Å². The lowest BCUT2D eigenvalue weighted by molar-refractivity contribution is -0.129. The summed E-state index contributed by atoms with van der Waals surface area (Å²) in [6.07, 6.45) is 1.24. The first-order valence-corrected chi connectivity index (χ1v) is 7.23. The number of piperazine rings is 1. The van der Waals surface area contributed by atoms with E-state index in [1.807, 2.05) is 0 Å². The van der Waals surface area contributed by atoms with Gasteiger partial charge in [-0.25, -0.2) is 17.8 Å². The molecule has 0 bridgehead atoms. The van der Waals surface area contributed by atoms with Crippen LogP contribution in [0.5, 0.6) is 0 Å². The molecule has 8 heteroatoms. The van der Waals surface area contributed by atoms with E-state index in [1.54, 1.807) is 4.90 Å². The molecule has 0 atom stereocenters. The van der Waals surface area contributed by atoms with E-state index in [-0.39, 0.29) is 19.0 Å². The molecule has 1 fully saturated rings. The minimum absolute atomic E-state index is 0.0962. The fourth-order valence-electron chi connectivity index (χ4n) is 1.93. The van der Waals surface area contributed by atoms with Gasteiger partial charge in [-0.05, 0) is 12.1 Å². The maximum Gasteiger partial charge on any atom is 0.263 e. The van der Waals surface area contributed by atoms with Gasteiger partial charge in [0.25, 0.3) is 10.0 Å². The maximum absolute atomic E-state index is 13.5. The number of hydrogen-bond donors (Lipinski definition) is 0. The zero-order valence-corrected chi connectivity index (χ0v) is 11.2. The minimum Gasteiger partial charge on any atom is -0.340 e. The van der Waals surface area contributed by atoms with E-state index < -0.39 is 20.9 Å². The summed E-state index contributed by atoms with van der Waals surface area (Å²) < 4.78 is 39.1. The zero-order valence-electron chi connectivity index (χ0n) is 10.4. The second kappa shape index (κ2) is 5.22.